The molecule has 4 rings (SSSR count). The summed E-state index contributed by atoms with van der Waals surface area (Å²) in [5.41, 5.74) is 1.19. The Bertz CT molecular complexity index is 685. The molecule has 0 saturated carbocycles. The molecule has 0 spiro atoms. The molecule has 1 aromatic carbocycles. The second kappa shape index (κ2) is 6.55. The number of rotatable bonds is 3. The number of hydrogen-bond acceptors (Lipinski definition) is 5. The summed E-state index contributed by atoms with van der Waals surface area (Å²) in [5, 5.41) is 0. The molecule has 3 aliphatic heterocycles. The molecule has 134 valence electrons. The maximum atomic E-state index is 12.6. The van der Waals surface area contributed by atoms with Gasteiger partial charge >= 0.3 is 0 Å². The van der Waals surface area contributed by atoms with Crippen LogP contribution in [0.3, 0.4) is 0 Å². The van der Waals surface area contributed by atoms with E-state index < -0.39 is 0 Å². The van der Waals surface area contributed by atoms with Crippen molar-refractivity contribution in [1.82, 2.24) is 14.7 Å². The van der Waals surface area contributed by atoms with Crippen molar-refractivity contribution in [3.8, 4) is 11.5 Å². The number of carbonyl (C=O) groups excluding carboxylic acids is 2. The molecule has 25 heavy (non-hydrogen) atoms. The van der Waals surface area contributed by atoms with Crippen molar-refractivity contribution < 1.29 is 19.1 Å². The first-order valence-corrected chi connectivity index (χ1v) is 8.74. The lowest BCUT2D eigenvalue weighted by atomic mass is 10.1. The third kappa shape index (κ3) is 3.28. The maximum absolute atomic E-state index is 12.6. The first kappa shape index (κ1) is 16.2. The summed E-state index contributed by atoms with van der Waals surface area (Å²) in [4.78, 5) is 30.1. The first-order valence-electron chi connectivity index (χ1n) is 8.74. The first-order chi connectivity index (χ1) is 12.1. The third-order valence-corrected chi connectivity index (χ3v) is 5.22. The molecule has 3 heterocycles. The second-order valence-corrected chi connectivity index (χ2v) is 6.96. The summed E-state index contributed by atoms with van der Waals surface area (Å²) in [6, 6.07) is 6.04. The van der Waals surface area contributed by atoms with E-state index in [0.29, 0.717) is 19.8 Å². The van der Waals surface area contributed by atoms with Crippen molar-refractivity contribution in [3.63, 3.8) is 0 Å². The molecule has 7 nitrogen and oxygen atoms in total. The van der Waals surface area contributed by atoms with E-state index in [1.54, 1.807) is 11.9 Å². The van der Waals surface area contributed by atoms with Crippen molar-refractivity contribution in [3.05, 3.63) is 23.8 Å². The lowest BCUT2D eigenvalue weighted by Gasteiger charge is -2.35. The van der Waals surface area contributed by atoms with Crippen LogP contribution < -0.4 is 9.47 Å². The summed E-state index contributed by atoms with van der Waals surface area (Å²) < 4.78 is 10.8. The molecule has 1 atom stereocenters. The Balaban J connectivity index is 1.30. The summed E-state index contributed by atoms with van der Waals surface area (Å²) in [6.45, 7) is 4.81. The van der Waals surface area contributed by atoms with Gasteiger partial charge in [-0.15, -0.1) is 0 Å². The van der Waals surface area contributed by atoms with Gasteiger partial charge in [-0.2, -0.15) is 0 Å². The molecule has 2 amide bonds. The van der Waals surface area contributed by atoms with Gasteiger partial charge in [0.05, 0.1) is 5.92 Å². The average Bonchev–Trinajstić information content (AvgIpc) is 3.21. The highest BCUT2D eigenvalue weighted by Crippen LogP contribution is 2.32. The standard InChI is InChI=1S/C18H23N3O4/c1-19-11-14(9-17(19)22)18(23)21-6-4-20(5-7-21)10-13-2-3-15-16(8-13)25-12-24-15/h2-3,8,14H,4-7,9-12H2,1H3/t14-/m0/s1. The van der Waals surface area contributed by atoms with Crippen LogP contribution in [0.2, 0.25) is 0 Å². The largest absolute Gasteiger partial charge is 0.454 e. The van der Waals surface area contributed by atoms with Crippen molar-refractivity contribution in [1.29, 1.82) is 0 Å². The van der Waals surface area contributed by atoms with Crippen molar-refractivity contribution in [2.24, 2.45) is 5.92 Å². The number of fused-ring (bicyclic) bond motifs is 1. The van der Waals surface area contributed by atoms with Crippen molar-refractivity contribution in [2.45, 2.75) is 13.0 Å². The highest BCUT2D eigenvalue weighted by Gasteiger charge is 2.35. The second-order valence-electron chi connectivity index (χ2n) is 6.96. The lowest BCUT2D eigenvalue weighted by molar-refractivity contribution is -0.137. The molecule has 3 aliphatic rings. The van der Waals surface area contributed by atoms with Crippen LogP contribution in [0.1, 0.15) is 12.0 Å². The van der Waals surface area contributed by atoms with E-state index in [9.17, 15) is 9.59 Å². The van der Waals surface area contributed by atoms with Gasteiger partial charge in [-0.1, -0.05) is 6.07 Å². The van der Waals surface area contributed by atoms with E-state index >= 15 is 0 Å². The van der Waals surface area contributed by atoms with E-state index in [0.717, 1.165) is 44.2 Å². The van der Waals surface area contributed by atoms with Crippen LogP contribution in [-0.2, 0) is 16.1 Å². The maximum Gasteiger partial charge on any atom is 0.231 e. The Morgan fingerprint density at radius 2 is 1.92 bits per heavy atom. The average molecular weight is 345 g/mol. The molecule has 0 radical (unpaired) electrons. The molecule has 1 aromatic rings. The molecule has 7 heteroatoms. The van der Waals surface area contributed by atoms with Crippen molar-refractivity contribution in [2.75, 3.05) is 46.6 Å². The van der Waals surface area contributed by atoms with Gasteiger partial charge in [-0.3, -0.25) is 14.5 Å². The van der Waals surface area contributed by atoms with Crippen LogP contribution in [0, 0.1) is 5.92 Å². The Morgan fingerprint density at radius 3 is 2.64 bits per heavy atom. The summed E-state index contributed by atoms with van der Waals surface area (Å²) >= 11 is 0. The van der Waals surface area contributed by atoms with Gasteiger partial charge in [-0.05, 0) is 17.7 Å². The monoisotopic (exact) mass is 345 g/mol. The molecular formula is C18H23N3O4. The lowest BCUT2D eigenvalue weighted by Crippen LogP contribution is -2.50. The van der Waals surface area contributed by atoms with Gasteiger partial charge in [0.15, 0.2) is 11.5 Å². The van der Waals surface area contributed by atoms with E-state index in [2.05, 4.69) is 11.0 Å². The predicted octanol–water partition coefficient (Wildman–Crippen LogP) is 0.538. The van der Waals surface area contributed by atoms with Crippen LogP contribution >= 0.6 is 0 Å². The van der Waals surface area contributed by atoms with Gasteiger partial charge < -0.3 is 19.3 Å². The van der Waals surface area contributed by atoms with Gasteiger partial charge in [0.2, 0.25) is 18.6 Å². The highest BCUT2D eigenvalue weighted by molar-refractivity contribution is 5.89. The molecule has 0 aliphatic carbocycles. The van der Waals surface area contributed by atoms with Crippen LogP contribution in [0.5, 0.6) is 11.5 Å². The predicted molar refractivity (Wildman–Crippen MR) is 90.2 cm³/mol. The Hall–Kier alpha value is -2.28. The highest BCUT2D eigenvalue weighted by atomic mass is 16.7. The molecule has 0 aromatic heterocycles. The van der Waals surface area contributed by atoms with Gasteiger partial charge in [0.1, 0.15) is 0 Å². The number of piperazine rings is 1. The number of ether oxygens (including phenoxy) is 2. The number of hydrogen-bond donors (Lipinski definition) is 0. The minimum Gasteiger partial charge on any atom is -0.454 e. The zero-order chi connectivity index (χ0) is 17.4. The number of carbonyl (C=O) groups is 2. The number of likely N-dealkylation sites (tertiary alicyclic amines) is 1. The molecule has 0 bridgehead atoms. The zero-order valence-electron chi connectivity index (χ0n) is 14.4. The molecule has 2 fully saturated rings. The van der Waals surface area contributed by atoms with Gasteiger partial charge in [0, 0.05) is 52.7 Å². The van der Waals surface area contributed by atoms with Crippen LogP contribution in [-0.4, -0.2) is 73.1 Å². The van der Waals surface area contributed by atoms with E-state index in [4.69, 9.17) is 9.47 Å². The van der Waals surface area contributed by atoms with Gasteiger partial charge in [0.25, 0.3) is 0 Å². The van der Waals surface area contributed by atoms with E-state index in [1.807, 2.05) is 17.0 Å². The summed E-state index contributed by atoms with van der Waals surface area (Å²) in [7, 11) is 1.76. The summed E-state index contributed by atoms with van der Waals surface area (Å²) in [5.74, 6) is 1.63. The van der Waals surface area contributed by atoms with Crippen LogP contribution in [0.25, 0.3) is 0 Å². The third-order valence-electron chi connectivity index (χ3n) is 5.22. The Labute approximate surface area is 147 Å². The van der Waals surface area contributed by atoms with E-state index in [-0.39, 0.29) is 17.7 Å². The summed E-state index contributed by atoms with van der Waals surface area (Å²) in [6.07, 6.45) is 0.354. The number of nitrogens with zero attached hydrogens (tertiary/aromatic N) is 3. The van der Waals surface area contributed by atoms with Crippen LogP contribution in [0.15, 0.2) is 18.2 Å². The smallest absolute Gasteiger partial charge is 0.231 e. The van der Waals surface area contributed by atoms with Gasteiger partial charge in [-0.25, -0.2) is 0 Å². The normalized spacial score (nSPS) is 23.4. The van der Waals surface area contributed by atoms with Crippen molar-refractivity contribution >= 4 is 11.8 Å². The zero-order valence-corrected chi connectivity index (χ0v) is 14.4. The Kier molecular flexibility index (Phi) is 4.25. The topological polar surface area (TPSA) is 62.3 Å². The minimum absolute atomic E-state index is 0.0693. The minimum atomic E-state index is -0.169. The van der Waals surface area contributed by atoms with Crippen LogP contribution in [0.4, 0.5) is 0 Å². The SMILES string of the molecule is CN1C[C@@H](C(=O)N2CCN(Cc3ccc4c(c3)OCO4)CC2)CC1=O. The molecule has 2 saturated heterocycles. The Morgan fingerprint density at radius 1 is 1.16 bits per heavy atom. The quantitative estimate of drug-likeness (QED) is 0.800. The number of benzene rings is 1. The van der Waals surface area contributed by atoms with E-state index in [1.165, 1.54) is 5.56 Å². The number of amides is 2. The molecule has 0 N–H and O–H groups in total. The fourth-order valence-electron chi connectivity index (χ4n) is 3.71. The fourth-order valence-corrected chi connectivity index (χ4v) is 3.71. The fraction of sp³-hybridized carbons (Fsp3) is 0.556. The molecular weight excluding hydrogens is 322 g/mol. The molecule has 0 unspecified atom stereocenters.